The normalized spacial score (nSPS) is 13.1. The zero-order chi connectivity index (χ0) is 22.9. The van der Waals surface area contributed by atoms with Crippen molar-refractivity contribution in [2.45, 2.75) is 25.4 Å². The lowest BCUT2D eigenvalue weighted by Crippen LogP contribution is -2.33. The van der Waals surface area contributed by atoms with Gasteiger partial charge >= 0.3 is 0 Å². The number of nitrogens with zero attached hydrogens (tertiary/aromatic N) is 3. The smallest absolute Gasteiger partial charge is 0.274 e. The van der Waals surface area contributed by atoms with Crippen LogP contribution in [0.1, 0.15) is 39.3 Å². The summed E-state index contributed by atoms with van der Waals surface area (Å²) in [5.74, 6) is -0.0246. The molecule has 1 aliphatic carbocycles. The fourth-order valence-corrected chi connectivity index (χ4v) is 3.86. The van der Waals surface area contributed by atoms with Crippen molar-refractivity contribution in [1.82, 2.24) is 14.7 Å². The third-order valence-electron chi connectivity index (χ3n) is 5.61. The van der Waals surface area contributed by atoms with E-state index < -0.39 is 5.91 Å². The maximum Gasteiger partial charge on any atom is 0.274 e. The van der Waals surface area contributed by atoms with Gasteiger partial charge in [0, 0.05) is 29.2 Å². The van der Waals surface area contributed by atoms with E-state index in [2.05, 4.69) is 5.10 Å². The molecule has 33 heavy (non-hydrogen) atoms. The minimum atomic E-state index is -0.477. The van der Waals surface area contributed by atoms with Gasteiger partial charge in [0.25, 0.3) is 5.91 Å². The summed E-state index contributed by atoms with van der Waals surface area (Å²) in [7, 11) is 0. The van der Waals surface area contributed by atoms with Crippen molar-refractivity contribution < 1.29 is 14.0 Å². The van der Waals surface area contributed by atoms with E-state index in [0.717, 1.165) is 24.1 Å². The molecule has 0 radical (unpaired) electrons. The Morgan fingerprint density at radius 2 is 1.82 bits per heavy atom. The van der Waals surface area contributed by atoms with Crippen molar-refractivity contribution >= 4 is 23.4 Å². The molecule has 8 heteroatoms. The molecule has 1 saturated carbocycles. The number of nitrogens with two attached hydrogens (primary N) is 1. The Bertz CT molecular complexity index is 1290. The van der Waals surface area contributed by atoms with Crippen LogP contribution in [0.2, 0.25) is 5.02 Å². The van der Waals surface area contributed by atoms with Gasteiger partial charge in [-0.05, 0) is 66.9 Å². The Labute approximate surface area is 195 Å². The molecule has 0 atom stereocenters. The highest BCUT2D eigenvalue weighted by molar-refractivity contribution is 6.30. The van der Waals surface area contributed by atoms with E-state index in [1.54, 1.807) is 47.3 Å². The van der Waals surface area contributed by atoms with Crippen LogP contribution in [0.4, 0.5) is 0 Å². The van der Waals surface area contributed by atoms with Crippen molar-refractivity contribution in [3.63, 3.8) is 0 Å². The molecule has 2 aromatic heterocycles. The van der Waals surface area contributed by atoms with Crippen LogP contribution in [-0.2, 0) is 6.54 Å². The lowest BCUT2D eigenvalue weighted by atomic mass is 10.1. The standard InChI is InChI=1S/C25H21ClN4O3/c26-18-7-9-20(10-8-18)30-22(23-2-1-13-33-23)14-21(28-30)25(32)29(19-11-12-19)15-16-3-5-17(6-4-16)24(27)31/h1-10,13-14,19H,11-12,15H2,(H2,27,31). The Balaban J connectivity index is 1.48. The van der Waals surface area contributed by atoms with Crippen molar-refractivity contribution in [1.29, 1.82) is 0 Å². The molecule has 166 valence electrons. The number of hydrogen-bond donors (Lipinski definition) is 1. The Kier molecular flexibility index (Phi) is 5.48. The summed E-state index contributed by atoms with van der Waals surface area (Å²) in [6.45, 7) is 0.423. The molecule has 5 rings (SSSR count). The summed E-state index contributed by atoms with van der Waals surface area (Å²) in [6, 6.07) is 19.8. The van der Waals surface area contributed by atoms with Gasteiger partial charge in [-0.25, -0.2) is 4.68 Å². The summed E-state index contributed by atoms with van der Waals surface area (Å²) < 4.78 is 7.29. The van der Waals surface area contributed by atoms with Crippen LogP contribution >= 0.6 is 11.6 Å². The van der Waals surface area contributed by atoms with Crippen LogP contribution in [0.15, 0.2) is 77.4 Å². The highest BCUT2D eigenvalue weighted by Crippen LogP contribution is 2.31. The second kappa shape index (κ2) is 8.60. The third kappa shape index (κ3) is 4.40. The van der Waals surface area contributed by atoms with Gasteiger partial charge in [0.2, 0.25) is 5.91 Å². The highest BCUT2D eigenvalue weighted by Gasteiger charge is 2.34. The summed E-state index contributed by atoms with van der Waals surface area (Å²) in [6.07, 6.45) is 3.49. The number of carbonyl (C=O) groups excluding carboxylic acids is 2. The molecule has 4 aromatic rings. The molecule has 0 spiro atoms. The van der Waals surface area contributed by atoms with E-state index in [4.69, 9.17) is 21.8 Å². The summed E-state index contributed by atoms with van der Waals surface area (Å²) in [5, 5.41) is 5.25. The molecule has 7 nitrogen and oxygen atoms in total. The van der Waals surface area contributed by atoms with Crippen LogP contribution in [0.5, 0.6) is 0 Å². The predicted octanol–water partition coefficient (Wildman–Crippen LogP) is 4.69. The number of halogens is 1. The first kappa shape index (κ1) is 21.0. The molecule has 2 heterocycles. The van der Waals surface area contributed by atoms with Crippen molar-refractivity contribution in [3.05, 3.63) is 94.8 Å². The zero-order valence-corrected chi connectivity index (χ0v) is 18.4. The lowest BCUT2D eigenvalue weighted by molar-refractivity contribution is 0.0723. The van der Waals surface area contributed by atoms with Gasteiger partial charge in [-0.3, -0.25) is 9.59 Å². The maximum atomic E-state index is 13.6. The quantitative estimate of drug-likeness (QED) is 0.433. The van der Waals surface area contributed by atoms with Gasteiger partial charge in [0.1, 0.15) is 5.69 Å². The lowest BCUT2D eigenvalue weighted by Gasteiger charge is -2.21. The number of benzene rings is 2. The molecule has 0 unspecified atom stereocenters. The average molecular weight is 461 g/mol. The van der Waals surface area contributed by atoms with Gasteiger partial charge in [-0.15, -0.1) is 0 Å². The fourth-order valence-electron chi connectivity index (χ4n) is 3.74. The van der Waals surface area contributed by atoms with E-state index in [0.29, 0.717) is 34.3 Å². The number of hydrogen-bond acceptors (Lipinski definition) is 4. The Hall–Kier alpha value is -3.84. The molecule has 2 amide bonds. The number of primary amides is 1. The minimum absolute atomic E-state index is 0.156. The van der Waals surface area contributed by atoms with E-state index >= 15 is 0 Å². The van der Waals surface area contributed by atoms with Gasteiger partial charge in [-0.1, -0.05) is 23.7 Å². The van der Waals surface area contributed by atoms with Crippen LogP contribution in [0, 0.1) is 0 Å². The monoisotopic (exact) mass is 460 g/mol. The summed E-state index contributed by atoms with van der Waals surface area (Å²) in [5.41, 5.74) is 8.46. The van der Waals surface area contributed by atoms with Gasteiger partial charge < -0.3 is 15.1 Å². The Morgan fingerprint density at radius 1 is 1.09 bits per heavy atom. The molecule has 2 N–H and O–H groups in total. The first-order valence-electron chi connectivity index (χ1n) is 10.6. The maximum absolute atomic E-state index is 13.6. The number of amides is 2. The summed E-state index contributed by atoms with van der Waals surface area (Å²) in [4.78, 5) is 26.7. The van der Waals surface area contributed by atoms with Crippen molar-refractivity contribution in [2.24, 2.45) is 5.73 Å². The minimum Gasteiger partial charge on any atom is -0.463 e. The number of carbonyl (C=O) groups is 2. The summed E-state index contributed by atoms with van der Waals surface area (Å²) >= 11 is 6.05. The van der Waals surface area contributed by atoms with E-state index in [-0.39, 0.29) is 11.9 Å². The van der Waals surface area contributed by atoms with Gasteiger partial charge in [0.05, 0.1) is 12.0 Å². The van der Waals surface area contributed by atoms with Crippen LogP contribution in [-0.4, -0.2) is 32.5 Å². The van der Waals surface area contributed by atoms with E-state index in [9.17, 15) is 9.59 Å². The van der Waals surface area contributed by atoms with Crippen LogP contribution < -0.4 is 5.73 Å². The second-order valence-electron chi connectivity index (χ2n) is 8.01. The van der Waals surface area contributed by atoms with Gasteiger partial charge in [0.15, 0.2) is 11.5 Å². The SMILES string of the molecule is NC(=O)c1ccc(CN(C(=O)c2cc(-c3ccco3)n(-c3ccc(Cl)cc3)n2)C2CC2)cc1. The Morgan fingerprint density at radius 3 is 2.42 bits per heavy atom. The first-order valence-corrected chi connectivity index (χ1v) is 11.0. The number of aromatic nitrogens is 2. The second-order valence-corrected chi connectivity index (χ2v) is 8.44. The molecular formula is C25H21ClN4O3. The fraction of sp³-hybridized carbons (Fsp3) is 0.160. The average Bonchev–Trinajstić information content (AvgIpc) is 3.32. The zero-order valence-electron chi connectivity index (χ0n) is 17.6. The molecule has 0 bridgehead atoms. The van der Waals surface area contributed by atoms with E-state index in [1.807, 2.05) is 35.2 Å². The first-order chi connectivity index (χ1) is 16.0. The van der Waals surface area contributed by atoms with Crippen LogP contribution in [0.25, 0.3) is 17.1 Å². The van der Waals surface area contributed by atoms with Gasteiger partial charge in [-0.2, -0.15) is 5.10 Å². The predicted molar refractivity (Wildman–Crippen MR) is 124 cm³/mol. The van der Waals surface area contributed by atoms with Crippen LogP contribution in [0.3, 0.4) is 0 Å². The molecule has 1 aliphatic rings. The topological polar surface area (TPSA) is 94.4 Å². The van der Waals surface area contributed by atoms with E-state index in [1.165, 1.54) is 0 Å². The third-order valence-corrected chi connectivity index (χ3v) is 5.87. The highest BCUT2D eigenvalue weighted by atomic mass is 35.5. The largest absolute Gasteiger partial charge is 0.463 e. The molecule has 2 aromatic carbocycles. The molecule has 0 aliphatic heterocycles. The number of rotatable bonds is 7. The van der Waals surface area contributed by atoms with Crippen molar-refractivity contribution in [3.8, 4) is 17.1 Å². The van der Waals surface area contributed by atoms with Crippen molar-refractivity contribution in [2.75, 3.05) is 0 Å². The number of furan rings is 1. The molecule has 1 fully saturated rings. The molecule has 0 saturated heterocycles. The molecular weight excluding hydrogens is 440 g/mol.